The van der Waals surface area contributed by atoms with Gasteiger partial charge in [0.2, 0.25) is 0 Å². The Bertz CT molecular complexity index is 277. The molecule has 3 heteroatoms. The van der Waals surface area contributed by atoms with E-state index in [1.165, 1.54) is 0 Å². The number of nitrogens with two attached hydrogens (primary N) is 1. The van der Waals surface area contributed by atoms with Crippen molar-refractivity contribution in [2.75, 3.05) is 6.54 Å². The number of dihydropyridines is 1. The summed E-state index contributed by atoms with van der Waals surface area (Å²) >= 11 is 0. The third kappa shape index (κ3) is 2.04. The molecule has 0 bridgehead atoms. The van der Waals surface area contributed by atoms with Crippen molar-refractivity contribution in [3.05, 3.63) is 11.6 Å². The lowest BCUT2D eigenvalue weighted by Gasteiger charge is -2.22. The van der Waals surface area contributed by atoms with Gasteiger partial charge in [-0.15, -0.1) is 0 Å². The standard InChI is InChI=1S/C10H16N2O/c1-6(2)8-4-7(3)12-10(13)9(8)5-11/h4,6,9H,5,11H2,1-3H3. The summed E-state index contributed by atoms with van der Waals surface area (Å²) in [5.74, 6) is 0.0813. The second-order valence-electron chi connectivity index (χ2n) is 3.68. The third-order valence-electron chi connectivity index (χ3n) is 2.26. The lowest BCUT2D eigenvalue weighted by molar-refractivity contribution is -0.120. The molecule has 1 amide bonds. The third-order valence-corrected chi connectivity index (χ3v) is 2.26. The molecule has 1 aliphatic rings. The topological polar surface area (TPSA) is 55.5 Å². The Morgan fingerprint density at radius 2 is 2.23 bits per heavy atom. The Labute approximate surface area is 78.7 Å². The zero-order chi connectivity index (χ0) is 10.0. The summed E-state index contributed by atoms with van der Waals surface area (Å²) in [6, 6.07) is 0. The highest BCUT2D eigenvalue weighted by atomic mass is 16.1. The molecular formula is C10H16N2O. The smallest absolute Gasteiger partial charge is 0.254 e. The molecule has 1 atom stereocenters. The van der Waals surface area contributed by atoms with Crippen LogP contribution in [-0.4, -0.2) is 18.2 Å². The van der Waals surface area contributed by atoms with Crippen molar-refractivity contribution in [3.8, 4) is 0 Å². The number of nitrogens with zero attached hydrogens (tertiary/aromatic N) is 1. The summed E-state index contributed by atoms with van der Waals surface area (Å²) in [5, 5.41) is 0. The van der Waals surface area contributed by atoms with Gasteiger partial charge < -0.3 is 5.73 Å². The van der Waals surface area contributed by atoms with Crippen molar-refractivity contribution >= 4 is 11.6 Å². The van der Waals surface area contributed by atoms with Gasteiger partial charge in [0, 0.05) is 12.3 Å². The number of allylic oxidation sites excluding steroid dienone is 1. The van der Waals surface area contributed by atoms with E-state index in [2.05, 4.69) is 18.8 Å². The molecule has 1 rings (SSSR count). The predicted octanol–water partition coefficient (Wildman–Crippen LogP) is 1.14. The average Bonchev–Trinajstić information content (AvgIpc) is 2.02. The molecule has 1 aliphatic heterocycles. The zero-order valence-electron chi connectivity index (χ0n) is 8.37. The van der Waals surface area contributed by atoms with Gasteiger partial charge in [0.15, 0.2) is 0 Å². The molecule has 0 aromatic rings. The van der Waals surface area contributed by atoms with Gasteiger partial charge in [0.25, 0.3) is 5.91 Å². The first kappa shape index (κ1) is 10.1. The number of amides is 1. The quantitative estimate of drug-likeness (QED) is 0.693. The summed E-state index contributed by atoms with van der Waals surface area (Å²) in [6.45, 7) is 6.34. The molecule has 0 radical (unpaired) electrons. The van der Waals surface area contributed by atoms with Gasteiger partial charge in [-0.05, 0) is 18.9 Å². The molecule has 1 heterocycles. The Kier molecular flexibility index (Phi) is 2.98. The monoisotopic (exact) mass is 180 g/mol. The van der Waals surface area contributed by atoms with E-state index in [0.717, 1.165) is 11.3 Å². The average molecular weight is 180 g/mol. The molecule has 13 heavy (non-hydrogen) atoms. The van der Waals surface area contributed by atoms with Crippen molar-refractivity contribution in [1.82, 2.24) is 0 Å². The number of rotatable bonds is 2. The van der Waals surface area contributed by atoms with Gasteiger partial charge in [-0.2, -0.15) is 0 Å². The van der Waals surface area contributed by atoms with Crippen LogP contribution in [0.2, 0.25) is 0 Å². The highest BCUT2D eigenvalue weighted by molar-refractivity contribution is 6.05. The SMILES string of the molecule is CC1=NC(=O)C(CN)C(C(C)C)=C1. The molecule has 0 fully saturated rings. The fourth-order valence-electron chi connectivity index (χ4n) is 1.57. The van der Waals surface area contributed by atoms with Crippen LogP contribution in [0.5, 0.6) is 0 Å². The highest BCUT2D eigenvalue weighted by Crippen LogP contribution is 2.23. The van der Waals surface area contributed by atoms with Crippen molar-refractivity contribution in [1.29, 1.82) is 0 Å². The second kappa shape index (κ2) is 3.83. The maximum absolute atomic E-state index is 11.4. The lowest BCUT2D eigenvalue weighted by Crippen LogP contribution is -2.29. The highest BCUT2D eigenvalue weighted by Gasteiger charge is 2.26. The molecule has 2 N–H and O–H groups in total. The van der Waals surface area contributed by atoms with E-state index in [1.54, 1.807) is 0 Å². The molecule has 0 aliphatic carbocycles. The number of carbonyl (C=O) groups is 1. The minimum absolute atomic E-state index is 0.0915. The second-order valence-corrected chi connectivity index (χ2v) is 3.68. The number of hydrogen-bond acceptors (Lipinski definition) is 2. The first-order valence-electron chi connectivity index (χ1n) is 4.57. The Balaban J connectivity index is 3.00. The number of carbonyl (C=O) groups excluding carboxylic acids is 1. The van der Waals surface area contributed by atoms with Crippen LogP contribution in [-0.2, 0) is 4.79 Å². The van der Waals surface area contributed by atoms with Crippen molar-refractivity contribution in [3.63, 3.8) is 0 Å². The van der Waals surface area contributed by atoms with E-state index in [-0.39, 0.29) is 11.8 Å². The van der Waals surface area contributed by atoms with Crippen LogP contribution in [0, 0.1) is 11.8 Å². The lowest BCUT2D eigenvalue weighted by atomic mass is 9.86. The van der Waals surface area contributed by atoms with Crippen LogP contribution < -0.4 is 5.73 Å². The van der Waals surface area contributed by atoms with E-state index in [1.807, 2.05) is 13.0 Å². The van der Waals surface area contributed by atoms with Gasteiger partial charge in [0.1, 0.15) is 0 Å². The van der Waals surface area contributed by atoms with Gasteiger partial charge >= 0.3 is 0 Å². The normalized spacial score (nSPS) is 23.2. The molecule has 1 unspecified atom stereocenters. The fraction of sp³-hybridized carbons (Fsp3) is 0.600. The van der Waals surface area contributed by atoms with E-state index < -0.39 is 0 Å². The molecule has 72 valence electrons. The van der Waals surface area contributed by atoms with E-state index in [0.29, 0.717) is 12.5 Å². The number of aliphatic imine (C=N–C) groups is 1. The Morgan fingerprint density at radius 1 is 1.62 bits per heavy atom. The van der Waals surface area contributed by atoms with Crippen LogP contribution in [0.4, 0.5) is 0 Å². The fourth-order valence-corrected chi connectivity index (χ4v) is 1.57. The van der Waals surface area contributed by atoms with Crippen LogP contribution in [0.1, 0.15) is 20.8 Å². The van der Waals surface area contributed by atoms with Crippen LogP contribution in [0.15, 0.2) is 16.6 Å². The molecule has 0 aromatic carbocycles. The van der Waals surface area contributed by atoms with Gasteiger partial charge in [0.05, 0.1) is 5.92 Å². The summed E-state index contributed by atoms with van der Waals surface area (Å²) in [4.78, 5) is 15.3. The first-order chi connectivity index (χ1) is 6.06. The van der Waals surface area contributed by atoms with Crippen LogP contribution in [0.3, 0.4) is 0 Å². The molecular weight excluding hydrogens is 164 g/mol. The van der Waals surface area contributed by atoms with Crippen LogP contribution in [0.25, 0.3) is 0 Å². The van der Waals surface area contributed by atoms with Crippen molar-refractivity contribution < 1.29 is 4.79 Å². The maximum Gasteiger partial charge on any atom is 0.254 e. The van der Waals surface area contributed by atoms with Gasteiger partial charge in [-0.25, -0.2) is 4.99 Å². The first-order valence-corrected chi connectivity index (χ1v) is 4.57. The largest absolute Gasteiger partial charge is 0.329 e. The molecule has 0 spiro atoms. The Morgan fingerprint density at radius 3 is 2.69 bits per heavy atom. The summed E-state index contributed by atoms with van der Waals surface area (Å²) < 4.78 is 0. The summed E-state index contributed by atoms with van der Waals surface area (Å²) in [5.41, 5.74) is 7.44. The summed E-state index contributed by atoms with van der Waals surface area (Å²) in [6.07, 6.45) is 1.98. The zero-order valence-corrected chi connectivity index (χ0v) is 8.37. The maximum atomic E-state index is 11.4. The van der Waals surface area contributed by atoms with E-state index >= 15 is 0 Å². The molecule has 0 saturated heterocycles. The van der Waals surface area contributed by atoms with Crippen LogP contribution >= 0.6 is 0 Å². The molecule has 0 aromatic heterocycles. The van der Waals surface area contributed by atoms with Gasteiger partial charge in [-0.1, -0.05) is 19.4 Å². The predicted molar refractivity (Wildman–Crippen MR) is 53.6 cm³/mol. The minimum atomic E-state index is -0.191. The Hall–Kier alpha value is -0.960. The molecule has 0 saturated carbocycles. The van der Waals surface area contributed by atoms with E-state index in [9.17, 15) is 4.79 Å². The van der Waals surface area contributed by atoms with Crippen molar-refractivity contribution in [2.24, 2.45) is 22.6 Å². The van der Waals surface area contributed by atoms with Gasteiger partial charge in [-0.3, -0.25) is 4.79 Å². The van der Waals surface area contributed by atoms with Crippen molar-refractivity contribution in [2.45, 2.75) is 20.8 Å². The number of hydrogen-bond donors (Lipinski definition) is 1. The van der Waals surface area contributed by atoms with E-state index in [4.69, 9.17) is 5.73 Å². The summed E-state index contributed by atoms with van der Waals surface area (Å²) in [7, 11) is 0. The molecule has 3 nitrogen and oxygen atoms in total. The minimum Gasteiger partial charge on any atom is -0.329 e.